The van der Waals surface area contributed by atoms with Crippen LogP contribution in [0.1, 0.15) is 32.1 Å². The molecule has 0 bridgehead atoms. The summed E-state index contributed by atoms with van der Waals surface area (Å²) in [6, 6.07) is -0.287. The molecule has 2 rings (SSSR count). The summed E-state index contributed by atoms with van der Waals surface area (Å²) in [5.74, 6) is 0. The molecule has 1 saturated heterocycles. The zero-order valence-electron chi connectivity index (χ0n) is 11.1. The Kier molecular flexibility index (Phi) is 4.27. The molecule has 0 aromatic rings. The second kappa shape index (κ2) is 5.63. The van der Waals surface area contributed by atoms with Crippen LogP contribution in [0.2, 0.25) is 0 Å². The maximum atomic E-state index is 12.6. The number of urea groups is 1. The fraction of sp³-hybridized carbons (Fsp3) is 0.769. The van der Waals surface area contributed by atoms with Crippen LogP contribution >= 0.6 is 0 Å². The molecule has 20 heavy (non-hydrogen) atoms. The fourth-order valence-electron chi connectivity index (χ4n) is 2.55. The van der Waals surface area contributed by atoms with Gasteiger partial charge in [0.05, 0.1) is 0 Å². The first-order valence-electron chi connectivity index (χ1n) is 6.81. The van der Waals surface area contributed by atoms with Crippen molar-refractivity contribution in [2.45, 2.75) is 49.9 Å². The average Bonchev–Trinajstić information content (AvgIpc) is 2.39. The Morgan fingerprint density at radius 3 is 2.45 bits per heavy atom. The van der Waals surface area contributed by atoms with E-state index in [1.165, 1.54) is 4.90 Å². The number of rotatable bonds is 1. The van der Waals surface area contributed by atoms with Gasteiger partial charge in [-0.15, -0.1) is 0 Å². The molecule has 0 unspecified atom stereocenters. The van der Waals surface area contributed by atoms with Crippen LogP contribution < -0.4 is 5.32 Å². The van der Waals surface area contributed by atoms with Gasteiger partial charge in [-0.3, -0.25) is 0 Å². The van der Waals surface area contributed by atoms with Crippen molar-refractivity contribution in [2.75, 3.05) is 13.1 Å². The van der Waals surface area contributed by atoms with Crippen molar-refractivity contribution in [3.05, 3.63) is 12.2 Å². The molecule has 1 fully saturated rings. The van der Waals surface area contributed by atoms with Gasteiger partial charge in [-0.25, -0.2) is 4.79 Å². The van der Waals surface area contributed by atoms with Crippen LogP contribution in [-0.4, -0.2) is 46.9 Å². The highest BCUT2D eigenvalue weighted by molar-refractivity contribution is 5.74. The molecule has 4 nitrogen and oxygen atoms in total. The largest absolute Gasteiger partial charge is 0.417 e. The lowest BCUT2D eigenvalue weighted by atomic mass is 9.91. The van der Waals surface area contributed by atoms with Crippen LogP contribution in [0.5, 0.6) is 0 Å². The molecule has 0 spiro atoms. The molecule has 114 valence electrons. The first-order chi connectivity index (χ1) is 9.32. The summed E-state index contributed by atoms with van der Waals surface area (Å²) in [5.41, 5.74) is -2.66. The minimum absolute atomic E-state index is 0.0518. The lowest BCUT2D eigenvalue weighted by Crippen LogP contribution is -2.56. The summed E-state index contributed by atoms with van der Waals surface area (Å²) in [5, 5.41) is 12.4. The molecule has 0 aromatic heterocycles. The van der Waals surface area contributed by atoms with Crippen LogP contribution in [0, 0.1) is 0 Å². The van der Waals surface area contributed by atoms with E-state index in [4.69, 9.17) is 0 Å². The minimum Gasteiger partial charge on any atom is -0.380 e. The lowest BCUT2D eigenvalue weighted by molar-refractivity contribution is -0.271. The highest BCUT2D eigenvalue weighted by atomic mass is 19.4. The van der Waals surface area contributed by atoms with Crippen LogP contribution in [0.4, 0.5) is 18.0 Å². The second-order valence-electron chi connectivity index (χ2n) is 5.45. The molecule has 2 N–H and O–H groups in total. The number of aliphatic hydroxyl groups is 1. The van der Waals surface area contributed by atoms with Gasteiger partial charge in [0.2, 0.25) is 0 Å². The number of allylic oxidation sites excluding steroid dienone is 1. The zero-order valence-corrected chi connectivity index (χ0v) is 11.1. The van der Waals surface area contributed by atoms with Crippen molar-refractivity contribution in [3.8, 4) is 0 Å². The van der Waals surface area contributed by atoms with E-state index < -0.39 is 24.6 Å². The highest BCUT2D eigenvalue weighted by Crippen LogP contribution is 2.38. The van der Waals surface area contributed by atoms with Crippen LogP contribution in [0.25, 0.3) is 0 Å². The summed E-state index contributed by atoms with van der Waals surface area (Å²) >= 11 is 0. The minimum atomic E-state index is -4.64. The van der Waals surface area contributed by atoms with E-state index in [2.05, 4.69) is 5.32 Å². The van der Waals surface area contributed by atoms with Gasteiger partial charge in [-0.2, -0.15) is 13.2 Å². The summed E-state index contributed by atoms with van der Waals surface area (Å²) in [6.07, 6.45) is 0.986. The summed E-state index contributed by atoms with van der Waals surface area (Å²) in [6.45, 7) is -0.158. The molecular formula is C13H19F3N2O2. The maximum absolute atomic E-state index is 12.6. The van der Waals surface area contributed by atoms with Crippen molar-refractivity contribution < 1.29 is 23.1 Å². The number of amides is 2. The quantitative estimate of drug-likeness (QED) is 0.728. The normalized spacial score (nSPS) is 26.4. The molecule has 1 heterocycles. The van der Waals surface area contributed by atoms with Crippen LogP contribution in [0.3, 0.4) is 0 Å². The number of likely N-dealkylation sites (tertiary alicyclic amines) is 1. The van der Waals surface area contributed by atoms with Gasteiger partial charge in [0, 0.05) is 32.0 Å². The molecule has 1 aliphatic carbocycles. The van der Waals surface area contributed by atoms with Crippen molar-refractivity contribution in [1.29, 1.82) is 0 Å². The number of piperidine rings is 1. The molecule has 7 heteroatoms. The highest BCUT2D eigenvalue weighted by Gasteiger charge is 2.54. The standard InChI is InChI=1S/C13H19F3N2O2/c14-13(15,16)12(20)6-8-18(9-7-12)11(19)17-10-4-2-1-3-5-10/h1-2,10,20H,3-9H2,(H,17,19)/t10-/m0/s1. The molecular weight excluding hydrogens is 273 g/mol. The zero-order chi connectivity index (χ0) is 14.8. The molecule has 1 aliphatic heterocycles. The molecule has 2 aliphatic rings. The second-order valence-corrected chi connectivity index (χ2v) is 5.45. The predicted molar refractivity (Wildman–Crippen MR) is 67.1 cm³/mol. The van der Waals surface area contributed by atoms with E-state index in [9.17, 15) is 23.1 Å². The number of hydrogen-bond acceptors (Lipinski definition) is 2. The number of hydrogen-bond donors (Lipinski definition) is 2. The maximum Gasteiger partial charge on any atom is 0.417 e. The van der Waals surface area contributed by atoms with Crippen molar-refractivity contribution in [3.63, 3.8) is 0 Å². The molecule has 2 amide bonds. The number of halogens is 3. The Morgan fingerprint density at radius 2 is 1.95 bits per heavy atom. The monoisotopic (exact) mass is 292 g/mol. The Labute approximate surface area is 115 Å². The topological polar surface area (TPSA) is 52.6 Å². The van der Waals surface area contributed by atoms with Crippen LogP contribution in [0.15, 0.2) is 12.2 Å². The molecule has 1 atom stereocenters. The summed E-state index contributed by atoms with van der Waals surface area (Å²) < 4.78 is 37.9. The SMILES string of the molecule is O=C(N[C@H]1CC=CCC1)N1CCC(O)(C(F)(F)F)CC1. The third-order valence-corrected chi connectivity index (χ3v) is 4.00. The Hall–Kier alpha value is -1.24. The number of carbonyl (C=O) groups is 1. The van der Waals surface area contributed by atoms with Gasteiger partial charge in [-0.05, 0) is 19.3 Å². The van der Waals surface area contributed by atoms with Gasteiger partial charge in [0.15, 0.2) is 5.60 Å². The first-order valence-corrected chi connectivity index (χ1v) is 6.81. The number of carbonyl (C=O) groups excluding carboxylic acids is 1. The molecule has 0 radical (unpaired) electrons. The van der Waals surface area contributed by atoms with Gasteiger partial charge in [0.25, 0.3) is 0 Å². The van der Waals surface area contributed by atoms with E-state index >= 15 is 0 Å². The van der Waals surface area contributed by atoms with Crippen LogP contribution in [-0.2, 0) is 0 Å². The van der Waals surface area contributed by atoms with E-state index in [0.717, 1.165) is 19.3 Å². The fourth-order valence-corrected chi connectivity index (χ4v) is 2.55. The van der Waals surface area contributed by atoms with Crippen molar-refractivity contribution >= 4 is 6.03 Å². The average molecular weight is 292 g/mol. The number of nitrogens with one attached hydrogen (secondary N) is 1. The molecule has 0 aromatic carbocycles. The number of alkyl halides is 3. The lowest BCUT2D eigenvalue weighted by Gasteiger charge is -2.39. The van der Waals surface area contributed by atoms with Crippen molar-refractivity contribution in [2.24, 2.45) is 0 Å². The Morgan fingerprint density at radius 1 is 1.30 bits per heavy atom. The Balaban J connectivity index is 1.84. The third-order valence-electron chi connectivity index (χ3n) is 4.00. The van der Waals surface area contributed by atoms with Gasteiger partial charge >= 0.3 is 12.2 Å². The molecule has 0 saturated carbocycles. The third kappa shape index (κ3) is 3.26. The smallest absolute Gasteiger partial charge is 0.380 e. The van der Waals surface area contributed by atoms with Gasteiger partial charge in [-0.1, -0.05) is 12.2 Å². The van der Waals surface area contributed by atoms with Crippen molar-refractivity contribution in [1.82, 2.24) is 10.2 Å². The number of nitrogens with zero attached hydrogens (tertiary/aromatic N) is 1. The van der Waals surface area contributed by atoms with E-state index in [0.29, 0.717) is 0 Å². The van der Waals surface area contributed by atoms with Gasteiger partial charge in [0.1, 0.15) is 0 Å². The van der Waals surface area contributed by atoms with E-state index in [1.807, 2.05) is 12.2 Å². The predicted octanol–water partition coefficient (Wildman–Crippen LogP) is 2.19. The van der Waals surface area contributed by atoms with Gasteiger partial charge < -0.3 is 15.3 Å². The summed E-state index contributed by atoms with van der Waals surface area (Å²) in [7, 11) is 0. The summed E-state index contributed by atoms with van der Waals surface area (Å²) in [4.78, 5) is 13.3. The van der Waals surface area contributed by atoms with E-state index in [-0.39, 0.29) is 25.2 Å². The Bertz CT molecular complexity index is 388. The first kappa shape index (κ1) is 15.2. The van der Waals surface area contributed by atoms with E-state index in [1.54, 1.807) is 0 Å².